The molecule has 0 amide bonds. The highest BCUT2D eigenvalue weighted by Gasteiger charge is 2.14. The molecular weight excluding hydrogens is 378 g/mol. The smallest absolute Gasteiger partial charge is 0.182 e. The second-order valence-electron chi connectivity index (χ2n) is 7.20. The standard InChI is InChI=1S/C25H21NO2S/c27-21-16-24(29-25(17-21)26-11-13-28-14-12-26)20-8-3-7-19(15-20)23-10-4-6-18-5-1-2-9-22(18)23/h1-10,15-17H,11-14H2. The number of fused-ring (bicyclic) bond motifs is 1. The quantitative estimate of drug-likeness (QED) is 0.460. The second kappa shape index (κ2) is 7.82. The highest BCUT2D eigenvalue weighted by molar-refractivity contribution is 7.19. The predicted molar refractivity (Wildman–Crippen MR) is 122 cm³/mol. The molecule has 0 radical (unpaired) electrons. The lowest BCUT2D eigenvalue weighted by atomic mass is 9.97. The first-order valence-electron chi connectivity index (χ1n) is 9.84. The summed E-state index contributed by atoms with van der Waals surface area (Å²) >= 11 is 1.67. The minimum atomic E-state index is 0.0517. The van der Waals surface area contributed by atoms with Gasteiger partial charge in [-0.3, -0.25) is 4.79 Å². The number of benzene rings is 3. The predicted octanol–water partition coefficient (Wildman–Crippen LogP) is 5.43. The number of hydrogen-bond acceptors (Lipinski definition) is 4. The SMILES string of the molecule is O=c1cc(-c2cccc(-c3cccc4ccccc34)c2)sc(N2CCOCC2)c1. The summed E-state index contributed by atoms with van der Waals surface area (Å²) < 4.78 is 5.45. The van der Waals surface area contributed by atoms with Crippen LogP contribution in [0, 0.1) is 0 Å². The Morgan fingerprint density at radius 1 is 0.793 bits per heavy atom. The molecule has 0 bridgehead atoms. The van der Waals surface area contributed by atoms with Crippen LogP contribution in [-0.4, -0.2) is 26.3 Å². The van der Waals surface area contributed by atoms with Crippen molar-refractivity contribution < 1.29 is 4.74 Å². The van der Waals surface area contributed by atoms with Gasteiger partial charge in [0.1, 0.15) is 0 Å². The van der Waals surface area contributed by atoms with E-state index in [1.807, 2.05) is 0 Å². The van der Waals surface area contributed by atoms with E-state index < -0.39 is 0 Å². The molecule has 4 heteroatoms. The van der Waals surface area contributed by atoms with E-state index in [4.69, 9.17) is 4.74 Å². The van der Waals surface area contributed by atoms with E-state index in [9.17, 15) is 4.79 Å². The Labute approximate surface area is 173 Å². The number of rotatable bonds is 3. The maximum Gasteiger partial charge on any atom is 0.182 e. The van der Waals surface area contributed by atoms with Gasteiger partial charge in [-0.1, -0.05) is 60.7 Å². The lowest BCUT2D eigenvalue weighted by Crippen LogP contribution is -2.36. The van der Waals surface area contributed by atoms with Gasteiger partial charge in [-0.05, 0) is 33.5 Å². The monoisotopic (exact) mass is 399 g/mol. The molecule has 1 aliphatic rings. The Hall–Kier alpha value is -2.95. The van der Waals surface area contributed by atoms with Crippen molar-refractivity contribution in [3.63, 3.8) is 0 Å². The van der Waals surface area contributed by atoms with Crippen LogP contribution in [0.1, 0.15) is 0 Å². The van der Waals surface area contributed by atoms with Crippen molar-refractivity contribution in [3.8, 4) is 21.6 Å². The Morgan fingerprint density at radius 3 is 2.45 bits per heavy atom. The van der Waals surface area contributed by atoms with Crippen LogP contribution in [0.4, 0.5) is 5.00 Å². The van der Waals surface area contributed by atoms with Crippen molar-refractivity contribution in [2.24, 2.45) is 0 Å². The van der Waals surface area contributed by atoms with Crippen LogP contribution in [-0.2, 0) is 4.74 Å². The average molecular weight is 400 g/mol. The molecule has 4 aromatic rings. The third-order valence-electron chi connectivity index (χ3n) is 5.32. The fourth-order valence-corrected chi connectivity index (χ4v) is 5.00. The number of morpholine rings is 1. The molecule has 1 aromatic heterocycles. The Bertz CT molecular complexity index is 1220. The molecule has 0 spiro atoms. The Morgan fingerprint density at radius 2 is 1.55 bits per heavy atom. The summed E-state index contributed by atoms with van der Waals surface area (Å²) in [5.74, 6) is 0. The third-order valence-corrected chi connectivity index (χ3v) is 6.48. The first kappa shape index (κ1) is 18.1. The van der Waals surface area contributed by atoms with Gasteiger partial charge < -0.3 is 9.64 Å². The van der Waals surface area contributed by atoms with E-state index in [-0.39, 0.29) is 5.43 Å². The van der Waals surface area contributed by atoms with E-state index in [1.165, 1.54) is 16.3 Å². The lowest BCUT2D eigenvalue weighted by molar-refractivity contribution is 0.123. The van der Waals surface area contributed by atoms with Crippen LogP contribution in [0.3, 0.4) is 0 Å². The maximum atomic E-state index is 12.4. The van der Waals surface area contributed by atoms with Crippen molar-refractivity contribution in [1.29, 1.82) is 0 Å². The molecule has 29 heavy (non-hydrogen) atoms. The topological polar surface area (TPSA) is 29.5 Å². The summed E-state index contributed by atoms with van der Waals surface area (Å²) in [5.41, 5.74) is 3.50. The van der Waals surface area contributed by atoms with E-state index in [2.05, 4.69) is 71.6 Å². The summed E-state index contributed by atoms with van der Waals surface area (Å²) in [6.45, 7) is 3.08. The number of anilines is 1. The normalized spacial score (nSPS) is 14.3. The number of ether oxygens (including phenoxy) is 1. The Balaban J connectivity index is 1.58. The zero-order valence-corrected chi connectivity index (χ0v) is 16.8. The van der Waals surface area contributed by atoms with Crippen LogP contribution >= 0.6 is 11.3 Å². The highest BCUT2D eigenvalue weighted by atomic mass is 32.1. The summed E-state index contributed by atoms with van der Waals surface area (Å²) in [5, 5.41) is 3.49. The molecule has 2 heterocycles. The lowest BCUT2D eigenvalue weighted by Gasteiger charge is -2.28. The number of hydrogen-bond donors (Lipinski definition) is 0. The first-order valence-corrected chi connectivity index (χ1v) is 10.7. The molecule has 0 unspecified atom stereocenters. The Kier molecular flexibility index (Phi) is 4.88. The fraction of sp³-hybridized carbons (Fsp3) is 0.160. The molecule has 1 saturated heterocycles. The van der Waals surface area contributed by atoms with E-state index in [0.717, 1.165) is 34.1 Å². The first-order chi connectivity index (χ1) is 14.3. The molecular formula is C25H21NO2S. The van der Waals surface area contributed by atoms with Crippen molar-refractivity contribution >= 4 is 27.1 Å². The average Bonchev–Trinajstić information content (AvgIpc) is 2.79. The van der Waals surface area contributed by atoms with Crippen molar-refractivity contribution in [1.82, 2.24) is 0 Å². The van der Waals surface area contributed by atoms with Gasteiger partial charge in [-0.2, -0.15) is 0 Å². The summed E-state index contributed by atoms with van der Waals surface area (Å²) in [7, 11) is 0. The summed E-state index contributed by atoms with van der Waals surface area (Å²) in [4.78, 5) is 15.7. The zero-order chi connectivity index (χ0) is 19.6. The summed E-state index contributed by atoms with van der Waals surface area (Å²) in [6, 6.07) is 26.8. The van der Waals surface area contributed by atoms with Gasteiger partial charge in [-0.15, -0.1) is 11.3 Å². The van der Waals surface area contributed by atoms with E-state index in [0.29, 0.717) is 13.2 Å². The zero-order valence-electron chi connectivity index (χ0n) is 16.0. The molecule has 3 aromatic carbocycles. The summed E-state index contributed by atoms with van der Waals surface area (Å²) in [6.07, 6.45) is 0. The largest absolute Gasteiger partial charge is 0.378 e. The van der Waals surface area contributed by atoms with E-state index in [1.54, 1.807) is 23.5 Å². The van der Waals surface area contributed by atoms with Gasteiger partial charge >= 0.3 is 0 Å². The molecule has 1 fully saturated rings. The van der Waals surface area contributed by atoms with Gasteiger partial charge in [0, 0.05) is 30.1 Å². The van der Waals surface area contributed by atoms with Crippen LogP contribution in [0.15, 0.2) is 83.7 Å². The fourth-order valence-electron chi connectivity index (χ4n) is 3.86. The second-order valence-corrected chi connectivity index (χ2v) is 8.26. The van der Waals surface area contributed by atoms with Gasteiger partial charge in [0.25, 0.3) is 0 Å². The van der Waals surface area contributed by atoms with Gasteiger partial charge in [-0.25, -0.2) is 0 Å². The van der Waals surface area contributed by atoms with Gasteiger partial charge in [0.15, 0.2) is 5.43 Å². The van der Waals surface area contributed by atoms with Crippen LogP contribution in [0.2, 0.25) is 0 Å². The van der Waals surface area contributed by atoms with Crippen molar-refractivity contribution in [2.75, 3.05) is 31.2 Å². The number of nitrogens with zero attached hydrogens (tertiary/aromatic N) is 1. The maximum absolute atomic E-state index is 12.4. The molecule has 0 N–H and O–H groups in total. The molecule has 0 aliphatic carbocycles. The molecule has 0 atom stereocenters. The van der Waals surface area contributed by atoms with E-state index >= 15 is 0 Å². The van der Waals surface area contributed by atoms with Gasteiger partial charge in [0.05, 0.1) is 18.2 Å². The molecule has 5 rings (SSSR count). The molecule has 3 nitrogen and oxygen atoms in total. The third kappa shape index (κ3) is 3.69. The van der Waals surface area contributed by atoms with Crippen molar-refractivity contribution in [2.45, 2.75) is 0 Å². The minimum Gasteiger partial charge on any atom is -0.378 e. The van der Waals surface area contributed by atoms with Crippen LogP contribution < -0.4 is 10.3 Å². The molecule has 1 aliphatic heterocycles. The molecule has 144 valence electrons. The molecule has 0 saturated carbocycles. The van der Waals surface area contributed by atoms with Crippen LogP contribution in [0.25, 0.3) is 32.3 Å². The minimum absolute atomic E-state index is 0.0517. The van der Waals surface area contributed by atoms with Crippen molar-refractivity contribution in [3.05, 3.63) is 89.1 Å². The highest BCUT2D eigenvalue weighted by Crippen LogP contribution is 2.34. The van der Waals surface area contributed by atoms with Gasteiger partial charge in [0.2, 0.25) is 0 Å². The van der Waals surface area contributed by atoms with Crippen LogP contribution in [0.5, 0.6) is 0 Å².